The van der Waals surface area contributed by atoms with E-state index in [9.17, 15) is 18.3 Å². The molecule has 11 nitrogen and oxygen atoms in total. The van der Waals surface area contributed by atoms with Crippen molar-refractivity contribution in [3.8, 4) is 0 Å². The maximum absolute atomic E-state index is 13.1. The second-order valence-corrected chi connectivity index (χ2v) is 9.80. The van der Waals surface area contributed by atoms with Gasteiger partial charge in [0.2, 0.25) is 5.78 Å². The van der Waals surface area contributed by atoms with Crippen LogP contribution in [-0.4, -0.2) is 64.4 Å². The van der Waals surface area contributed by atoms with Crippen molar-refractivity contribution in [3.05, 3.63) is 47.7 Å². The fourth-order valence-corrected chi connectivity index (χ4v) is 4.81. The summed E-state index contributed by atoms with van der Waals surface area (Å²) < 4.78 is 32.1. The molecule has 2 heterocycles. The van der Waals surface area contributed by atoms with Crippen molar-refractivity contribution >= 4 is 21.9 Å². The highest BCUT2D eigenvalue weighted by atomic mass is 32.2. The number of ketones is 1. The molecular weight excluding hydrogens is 448 g/mol. The molecule has 2 aromatic rings. The van der Waals surface area contributed by atoms with Crippen LogP contribution in [0.4, 0.5) is 5.82 Å². The molecule has 0 bridgehead atoms. The van der Waals surface area contributed by atoms with E-state index in [2.05, 4.69) is 31.2 Å². The Bertz CT molecular complexity index is 1130. The van der Waals surface area contributed by atoms with E-state index in [1.165, 1.54) is 38.0 Å². The van der Waals surface area contributed by atoms with Gasteiger partial charge in [0.15, 0.2) is 0 Å². The first-order valence-corrected chi connectivity index (χ1v) is 12.4. The highest BCUT2D eigenvalue weighted by Crippen LogP contribution is 2.28. The van der Waals surface area contributed by atoms with Crippen molar-refractivity contribution in [2.24, 2.45) is 0 Å². The zero-order valence-corrected chi connectivity index (χ0v) is 19.2. The standard InChI is InChI=1S/C21H28N6O5S/c1-22-33(30,31)32-19-10-15(9-18(19)28)25-21-16(11-23-13-24-21)20(29)17-7-8-27(26-17)12-14-5-3-2-4-6-14/h5,7-8,11,13,15,18-19,22,28H,2-4,6,9-10,12H2,1H3,(H,23,24,25)/t15-,18+,19-/m1/s1. The van der Waals surface area contributed by atoms with Crippen molar-refractivity contribution < 1.29 is 22.5 Å². The molecule has 0 radical (unpaired) electrons. The fourth-order valence-electron chi connectivity index (χ4n) is 4.18. The average Bonchev–Trinajstić information content (AvgIpc) is 3.40. The second-order valence-electron chi connectivity index (χ2n) is 8.29. The molecule has 33 heavy (non-hydrogen) atoms. The molecule has 0 amide bonds. The van der Waals surface area contributed by atoms with Gasteiger partial charge in [-0.3, -0.25) is 13.7 Å². The maximum atomic E-state index is 13.1. The number of anilines is 1. The zero-order valence-electron chi connectivity index (χ0n) is 18.3. The molecule has 12 heteroatoms. The summed E-state index contributed by atoms with van der Waals surface area (Å²) in [6, 6.07) is 1.34. The van der Waals surface area contributed by atoms with E-state index in [0.29, 0.717) is 12.4 Å². The van der Waals surface area contributed by atoms with Gasteiger partial charge in [0, 0.05) is 25.5 Å². The second kappa shape index (κ2) is 10.1. The Hall–Kier alpha value is -2.67. The van der Waals surface area contributed by atoms with Gasteiger partial charge in [0.25, 0.3) is 0 Å². The molecular formula is C21H28N6O5S. The molecule has 0 aromatic carbocycles. The number of aliphatic hydroxyl groups is 1. The van der Waals surface area contributed by atoms with Crippen LogP contribution < -0.4 is 10.0 Å². The third-order valence-electron chi connectivity index (χ3n) is 5.89. The molecule has 0 spiro atoms. The lowest BCUT2D eigenvalue weighted by molar-refractivity contribution is 0.0636. The van der Waals surface area contributed by atoms with E-state index < -0.39 is 22.5 Å². The molecule has 4 rings (SSSR count). The van der Waals surface area contributed by atoms with Gasteiger partial charge < -0.3 is 10.4 Å². The van der Waals surface area contributed by atoms with E-state index in [1.807, 2.05) is 0 Å². The maximum Gasteiger partial charge on any atom is 0.335 e. The third-order valence-corrected chi connectivity index (χ3v) is 6.89. The van der Waals surface area contributed by atoms with E-state index >= 15 is 0 Å². The van der Waals surface area contributed by atoms with Gasteiger partial charge >= 0.3 is 10.3 Å². The van der Waals surface area contributed by atoms with Crippen LogP contribution >= 0.6 is 0 Å². The smallest absolute Gasteiger partial charge is 0.335 e. The molecule has 178 valence electrons. The summed E-state index contributed by atoms with van der Waals surface area (Å²) in [5.74, 6) is -0.0209. The Morgan fingerprint density at radius 3 is 2.94 bits per heavy atom. The first-order chi connectivity index (χ1) is 15.8. The minimum Gasteiger partial charge on any atom is -0.390 e. The molecule has 2 aliphatic carbocycles. The summed E-state index contributed by atoms with van der Waals surface area (Å²) in [5.41, 5.74) is 1.86. The molecule has 1 fully saturated rings. The number of nitrogens with zero attached hydrogens (tertiary/aromatic N) is 4. The van der Waals surface area contributed by atoms with Gasteiger partial charge in [0.05, 0.1) is 18.2 Å². The molecule has 2 aromatic heterocycles. The number of hydrogen-bond acceptors (Lipinski definition) is 9. The molecule has 0 saturated heterocycles. The predicted molar refractivity (Wildman–Crippen MR) is 120 cm³/mol. The number of rotatable bonds is 9. The quantitative estimate of drug-likeness (QED) is 0.358. The SMILES string of the molecule is CNS(=O)(=O)O[C@@H]1C[C@H](Nc2ncncc2C(=O)c2ccn(CC3=CCCCC3)n2)C[C@@H]1O. The number of allylic oxidation sites excluding steroid dienone is 2. The number of nitrogens with one attached hydrogen (secondary N) is 2. The number of carbonyl (C=O) groups is 1. The van der Waals surface area contributed by atoms with Crippen LogP contribution in [0.2, 0.25) is 0 Å². The Kier molecular flexibility index (Phi) is 7.17. The van der Waals surface area contributed by atoms with E-state index in [-0.39, 0.29) is 35.9 Å². The van der Waals surface area contributed by atoms with Crippen LogP contribution in [0.1, 0.15) is 54.6 Å². The van der Waals surface area contributed by atoms with Gasteiger partial charge in [-0.15, -0.1) is 0 Å². The zero-order chi connectivity index (χ0) is 23.4. The number of hydrogen-bond donors (Lipinski definition) is 3. The fraction of sp³-hybridized carbons (Fsp3) is 0.524. The third kappa shape index (κ3) is 5.82. The van der Waals surface area contributed by atoms with Crippen LogP contribution in [-0.2, 0) is 21.0 Å². The highest BCUT2D eigenvalue weighted by Gasteiger charge is 2.37. The van der Waals surface area contributed by atoms with Crippen LogP contribution in [0.5, 0.6) is 0 Å². The lowest BCUT2D eigenvalue weighted by atomic mass is 10.00. The van der Waals surface area contributed by atoms with E-state index in [0.717, 1.165) is 12.8 Å². The summed E-state index contributed by atoms with van der Waals surface area (Å²) in [7, 11) is -2.70. The van der Waals surface area contributed by atoms with Gasteiger partial charge in [-0.05, 0) is 44.6 Å². The van der Waals surface area contributed by atoms with Crippen molar-refractivity contribution in [2.75, 3.05) is 12.4 Å². The largest absolute Gasteiger partial charge is 0.390 e. The monoisotopic (exact) mass is 476 g/mol. The van der Waals surface area contributed by atoms with Crippen molar-refractivity contribution in [1.82, 2.24) is 24.5 Å². The van der Waals surface area contributed by atoms with Crippen molar-refractivity contribution in [2.45, 2.75) is 63.3 Å². The van der Waals surface area contributed by atoms with Crippen molar-refractivity contribution in [1.29, 1.82) is 0 Å². The molecule has 0 aliphatic heterocycles. The summed E-state index contributed by atoms with van der Waals surface area (Å²) in [6.07, 6.45) is 9.90. The summed E-state index contributed by atoms with van der Waals surface area (Å²) in [6.45, 7) is 0.667. The van der Waals surface area contributed by atoms with Gasteiger partial charge in [-0.25, -0.2) is 9.97 Å². The molecule has 0 unspecified atom stereocenters. The highest BCUT2D eigenvalue weighted by molar-refractivity contribution is 7.84. The van der Waals surface area contributed by atoms with Crippen LogP contribution in [0.3, 0.4) is 0 Å². The predicted octanol–water partition coefficient (Wildman–Crippen LogP) is 1.19. The minimum absolute atomic E-state index is 0.226. The van der Waals surface area contributed by atoms with Crippen LogP contribution in [0.15, 0.2) is 36.4 Å². The van der Waals surface area contributed by atoms with Crippen LogP contribution in [0, 0.1) is 0 Å². The Balaban J connectivity index is 1.44. The number of aliphatic hydroxyl groups excluding tert-OH is 1. The number of carbonyl (C=O) groups excluding carboxylic acids is 1. The summed E-state index contributed by atoms with van der Waals surface area (Å²) >= 11 is 0. The topological polar surface area (TPSA) is 148 Å². The Morgan fingerprint density at radius 1 is 1.33 bits per heavy atom. The first-order valence-electron chi connectivity index (χ1n) is 11.0. The summed E-state index contributed by atoms with van der Waals surface area (Å²) in [5, 5.41) is 17.8. The van der Waals surface area contributed by atoms with Gasteiger partial charge in [-0.1, -0.05) is 11.6 Å². The van der Waals surface area contributed by atoms with Gasteiger partial charge in [0.1, 0.15) is 23.9 Å². The Labute approximate surface area is 192 Å². The minimum atomic E-state index is -3.93. The van der Waals surface area contributed by atoms with E-state index in [4.69, 9.17) is 4.18 Å². The average molecular weight is 477 g/mol. The van der Waals surface area contributed by atoms with Gasteiger partial charge in [-0.2, -0.15) is 18.2 Å². The molecule has 2 aliphatic rings. The van der Waals surface area contributed by atoms with Crippen molar-refractivity contribution in [3.63, 3.8) is 0 Å². The Morgan fingerprint density at radius 2 is 2.18 bits per heavy atom. The lowest BCUT2D eigenvalue weighted by Crippen LogP contribution is -2.31. The number of aromatic nitrogens is 4. The molecule has 3 atom stereocenters. The lowest BCUT2D eigenvalue weighted by Gasteiger charge is -2.15. The summed E-state index contributed by atoms with van der Waals surface area (Å²) in [4.78, 5) is 21.3. The first kappa shape index (κ1) is 23.5. The van der Waals surface area contributed by atoms with E-state index in [1.54, 1.807) is 16.9 Å². The normalized spacial score (nSPS) is 23.3. The molecule has 3 N–H and O–H groups in total. The molecule has 1 saturated carbocycles. The van der Waals surface area contributed by atoms with Crippen LogP contribution in [0.25, 0.3) is 0 Å².